The van der Waals surface area contributed by atoms with E-state index < -0.39 is 0 Å². The largest absolute Gasteiger partial charge is 0.276 e. The monoisotopic (exact) mass is 260 g/mol. The third-order valence-corrected chi connectivity index (χ3v) is 3.59. The molecule has 0 fully saturated rings. The number of para-hydroxylation sites is 3. The minimum Gasteiger partial charge on any atom is -0.276 e. The molecule has 5 rings (SSSR count). The van der Waals surface area contributed by atoms with Crippen molar-refractivity contribution in [1.82, 2.24) is 29.4 Å². The zero-order chi connectivity index (χ0) is 13.1. The summed E-state index contributed by atoms with van der Waals surface area (Å²) in [6, 6.07) is 16.1. The first-order chi connectivity index (χ1) is 9.93. The summed E-state index contributed by atoms with van der Waals surface area (Å²) in [5.74, 6) is 0.727. The van der Waals surface area contributed by atoms with Gasteiger partial charge in [-0.15, -0.1) is 5.10 Å². The maximum atomic E-state index is 4.65. The van der Waals surface area contributed by atoms with Crippen LogP contribution in [0.15, 0.2) is 48.5 Å². The van der Waals surface area contributed by atoms with Gasteiger partial charge in [-0.1, -0.05) is 24.3 Å². The summed E-state index contributed by atoms with van der Waals surface area (Å²) in [5, 5.41) is 13.0. The number of fused-ring (bicyclic) bond motifs is 8. The van der Waals surface area contributed by atoms with E-state index in [1.54, 1.807) is 4.52 Å². The summed E-state index contributed by atoms with van der Waals surface area (Å²) in [4.78, 5) is 4.65. The Kier molecular flexibility index (Phi) is 1.62. The van der Waals surface area contributed by atoms with Gasteiger partial charge in [-0.05, 0) is 34.7 Å². The van der Waals surface area contributed by atoms with E-state index >= 15 is 0 Å². The number of nitrogens with zero attached hydrogens (tertiary/aromatic N) is 6. The molecule has 0 N–H and O–H groups in total. The van der Waals surface area contributed by atoms with E-state index in [1.807, 2.05) is 36.4 Å². The highest BCUT2D eigenvalue weighted by atomic mass is 15.5. The van der Waals surface area contributed by atoms with Crippen molar-refractivity contribution in [2.75, 3.05) is 0 Å². The van der Waals surface area contributed by atoms with Crippen molar-refractivity contribution in [2.24, 2.45) is 0 Å². The number of aromatic nitrogens is 6. The maximum absolute atomic E-state index is 4.65. The topological polar surface area (TPSA) is 60.4 Å². The van der Waals surface area contributed by atoms with Crippen molar-refractivity contribution < 1.29 is 0 Å². The second kappa shape index (κ2) is 3.30. The first-order valence-electron chi connectivity index (χ1n) is 6.29. The van der Waals surface area contributed by atoms with Crippen LogP contribution in [0.1, 0.15) is 0 Å². The number of rotatable bonds is 0. The highest BCUT2D eigenvalue weighted by Crippen LogP contribution is 2.24. The fourth-order valence-corrected chi connectivity index (χ4v) is 2.74. The van der Waals surface area contributed by atoms with Gasteiger partial charge >= 0.3 is 0 Å². The lowest BCUT2D eigenvalue weighted by molar-refractivity contribution is 0.826. The van der Waals surface area contributed by atoms with E-state index in [2.05, 4.69) is 37.0 Å². The van der Waals surface area contributed by atoms with Crippen LogP contribution in [0, 0.1) is 0 Å². The van der Waals surface area contributed by atoms with Gasteiger partial charge in [-0.25, -0.2) is 4.98 Å². The van der Waals surface area contributed by atoms with E-state index in [4.69, 9.17) is 0 Å². The summed E-state index contributed by atoms with van der Waals surface area (Å²) in [6.45, 7) is 0. The third-order valence-electron chi connectivity index (χ3n) is 3.59. The Balaban J connectivity index is 2.27. The van der Waals surface area contributed by atoms with E-state index in [-0.39, 0.29) is 0 Å². The smallest absolute Gasteiger partial charge is 0.240 e. The fourth-order valence-electron chi connectivity index (χ4n) is 2.74. The number of imidazole rings is 1. The number of benzene rings is 2. The molecule has 5 aromatic rings. The van der Waals surface area contributed by atoms with Gasteiger partial charge in [0.25, 0.3) is 0 Å². The molecular formula is C14H8N6. The van der Waals surface area contributed by atoms with Crippen LogP contribution >= 0.6 is 0 Å². The molecule has 3 heterocycles. The van der Waals surface area contributed by atoms with Crippen molar-refractivity contribution in [3.05, 3.63) is 48.5 Å². The summed E-state index contributed by atoms with van der Waals surface area (Å²) >= 11 is 0. The van der Waals surface area contributed by atoms with Gasteiger partial charge in [0, 0.05) is 5.39 Å². The van der Waals surface area contributed by atoms with E-state index in [0.29, 0.717) is 0 Å². The van der Waals surface area contributed by atoms with Crippen LogP contribution in [0.25, 0.3) is 33.4 Å². The molecule has 0 aliphatic carbocycles. The minimum atomic E-state index is 0.725. The molecule has 94 valence electrons. The normalized spacial score (nSPS) is 12.0. The Morgan fingerprint density at radius 3 is 2.60 bits per heavy atom. The van der Waals surface area contributed by atoms with Crippen molar-refractivity contribution in [2.45, 2.75) is 0 Å². The molecule has 0 bridgehead atoms. The van der Waals surface area contributed by atoms with Crippen molar-refractivity contribution >= 4 is 33.4 Å². The summed E-state index contributed by atoms with van der Waals surface area (Å²) < 4.78 is 3.77. The molecule has 20 heavy (non-hydrogen) atoms. The SMILES string of the molecule is c1ccc2c(c1)nc1n3nnnc3c3ccccc3n21. The molecule has 0 aliphatic heterocycles. The molecule has 6 heteroatoms. The third kappa shape index (κ3) is 1.04. The lowest BCUT2D eigenvalue weighted by Gasteiger charge is -2.04. The highest BCUT2D eigenvalue weighted by molar-refractivity contribution is 5.96. The van der Waals surface area contributed by atoms with Crippen molar-refractivity contribution in [3.8, 4) is 0 Å². The van der Waals surface area contributed by atoms with Crippen LogP contribution in [0.4, 0.5) is 0 Å². The second-order valence-corrected chi connectivity index (χ2v) is 4.67. The number of hydrogen-bond acceptors (Lipinski definition) is 4. The Morgan fingerprint density at radius 1 is 0.850 bits per heavy atom. The molecule has 0 amide bonds. The van der Waals surface area contributed by atoms with Gasteiger partial charge in [0.15, 0.2) is 5.65 Å². The van der Waals surface area contributed by atoms with Crippen LogP contribution in [0.2, 0.25) is 0 Å². The van der Waals surface area contributed by atoms with Crippen LogP contribution in [-0.2, 0) is 0 Å². The molecule has 0 saturated heterocycles. The summed E-state index contributed by atoms with van der Waals surface area (Å²) in [7, 11) is 0. The molecule has 0 unspecified atom stereocenters. The Labute approximate surface area is 112 Å². The Hall–Kier alpha value is -3.02. The Morgan fingerprint density at radius 2 is 1.65 bits per heavy atom. The van der Waals surface area contributed by atoms with Gasteiger partial charge in [0.05, 0.1) is 16.6 Å². The highest BCUT2D eigenvalue weighted by Gasteiger charge is 2.14. The van der Waals surface area contributed by atoms with Crippen LogP contribution in [0.3, 0.4) is 0 Å². The van der Waals surface area contributed by atoms with E-state index in [0.717, 1.165) is 33.4 Å². The first kappa shape index (κ1) is 9.85. The van der Waals surface area contributed by atoms with Gasteiger partial charge in [0.1, 0.15) is 0 Å². The van der Waals surface area contributed by atoms with E-state index in [1.165, 1.54) is 0 Å². The molecule has 0 aliphatic rings. The quantitative estimate of drug-likeness (QED) is 0.427. The van der Waals surface area contributed by atoms with Gasteiger partial charge < -0.3 is 0 Å². The predicted octanol–water partition coefficient (Wildman–Crippen LogP) is 2.08. The lowest BCUT2D eigenvalue weighted by Crippen LogP contribution is -1.99. The van der Waals surface area contributed by atoms with Gasteiger partial charge in [-0.3, -0.25) is 4.40 Å². The van der Waals surface area contributed by atoms with Crippen LogP contribution < -0.4 is 0 Å². The summed E-state index contributed by atoms with van der Waals surface area (Å²) in [6.07, 6.45) is 0. The average molecular weight is 260 g/mol. The molecule has 6 nitrogen and oxygen atoms in total. The number of hydrogen-bond donors (Lipinski definition) is 0. The second-order valence-electron chi connectivity index (χ2n) is 4.67. The van der Waals surface area contributed by atoms with Crippen LogP contribution in [-0.4, -0.2) is 29.4 Å². The molecule has 0 spiro atoms. The molecule has 3 aromatic heterocycles. The van der Waals surface area contributed by atoms with Crippen molar-refractivity contribution in [1.29, 1.82) is 0 Å². The van der Waals surface area contributed by atoms with Gasteiger partial charge in [0.2, 0.25) is 5.78 Å². The van der Waals surface area contributed by atoms with E-state index in [9.17, 15) is 0 Å². The summed E-state index contributed by atoms with van der Waals surface area (Å²) in [5.41, 5.74) is 3.76. The molecule has 0 atom stereocenters. The molecular weight excluding hydrogens is 252 g/mol. The average Bonchev–Trinajstić information content (AvgIpc) is 3.12. The molecule has 0 radical (unpaired) electrons. The van der Waals surface area contributed by atoms with Gasteiger partial charge in [-0.2, -0.15) is 4.52 Å². The zero-order valence-electron chi connectivity index (χ0n) is 10.3. The molecule has 2 aromatic carbocycles. The van der Waals surface area contributed by atoms with Crippen LogP contribution in [0.5, 0.6) is 0 Å². The number of tetrazole rings is 1. The fraction of sp³-hybridized carbons (Fsp3) is 0. The zero-order valence-corrected chi connectivity index (χ0v) is 10.3. The van der Waals surface area contributed by atoms with Crippen molar-refractivity contribution in [3.63, 3.8) is 0 Å². The Bertz CT molecular complexity index is 1100. The standard InChI is InChI=1S/C14H8N6/c1-3-7-11-9(5-1)13-16-17-18-20(13)14-15-10-6-2-4-8-12(10)19(11)14/h1-8H. The predicted molar refractivity (Wildman–Crippen MR) is 74.5 cm³/mol. The molecule has 0 saturated carbocycles. The first-order valence-corrected chi connectivity index (χ1v) is 6.29. The minimum absolute atomic E-state index is 0.725. The lowest BCUT2D eigenvalue weighted by atomic mass is 10.2. The maximum Gasteiger partial charge on any atom is 0.240 e.